The van der Waals surface area contributed by atoms with Gasteiger partial charge in [0.1, 0.15) is 0 Å². The van der Waals surface area contributed by atoms with Crippen molar-refractivity contribution in [2.24, 2.45) is 0 Å². The lowest BCUT2D eigenvalue weighted by molar-refractivity contribution is -0.163. The zero-order valence-corrected chi connectivity index (χ0v) is 19.2. The van der Waals surface area contributed by atoms with Crippen LogP contribution in [0.4, 0.5) is 32.0 Å². The molecule has 34 heavy (non-hydrogen) atoms. The van der Waals surface area contributed by atoms with Crippen molar-refractivity contribution in [3.05, 3.63) is 59.2 Å². The van der Waals surface area contributed by atoms with Crippen LogP contribution in [0.2, 0.25) is 0 Å². The van der Waals surface area contributed by atoms with Gasteiger partial charge in [-0.25, -0.2) is 0 Å². The van der Waals surface area contributed by atoms with E-state index in [1.807, 2.05) is 0 Å². The fourth-order valence-corrected chi connectivity index (χ4v) is 4.45. The van der Waals surface area contributed by atoms with Crippen molar-refractivity contribution in [2.45, 2.75) is 22.1 Å². The third kappa shape index (κ3) is 6.26. The van der Waals surface area contributed by atoms with E-state index in [0.29, 0.717) is 22.3 Å². The molecule has 11 heteroatoms. The molecule has 0 bridgehead atoms. The molecule has 2 aromatic carbocycles. The van der Waals surface area contributed by atoms with Gasteiger partial charge in [-0.3, -0.25) is 4.79 Å². The molecule has 1 fully saturated rings. The van der Waals surface area contributed by atoms with E-state index in [0.717, 1.165) is 24.3 Å². The first-order valence-corrected chi connectivity index (χ1v) is 11.0. The number of carbonyl (C=O) groups excluding carboxylic acids is 1. The molecule has 1 aliphatic rings. The van der Waals surface area contributed by atoms with E-state index in [2.05, 4.69) is 0 Å². The maximum Gasteiger partial charge on any atom is 0.418 e. The Balaban J connectivity index is 2.06. The second-order valence-electron chi connectivity index (χ2n) is 7.66. The zero-order valence-electron chi connectivity index (χ0n) is 18.3. The number of benzene rings is 2. The lowest BCUT2D eigenvalue weighted by Gasteiger charge is -2.25. The number of carbonyl (C=O) groups is 1. The summed E-state index contributed by atoms with van der Waals surface area (Å²) in [5, 5.41) is 0. The Labute approximate surface area is 197 Å². The molecule has 0 N–H and O–H groups in total. The average molecular weight is 504 g/mol. The van der Waals surface area contributed by atoms with Crippen molar-refractivity contribution < 1.29 is 35.9 Å². The van der Waals surface area contributed by atoms with Crippen molar-refractivity contribution in [3.8, 4) is 0 Å². The van der Waals surface area contributed by atoms with Crippen LogP contribution >= 0.6 is 11.8 Å². The van der Waals surface area contributed by atoms with Crippen LogP contribution in [-0.4, -0.2) is 51.2 Å². The third-order valence-electron chi connectivity index (χ3n) is 5.06. The number of hydrogen-bond donors (Lipinski definition) is 0. The zero-order chi connectivity index (χ0) is 25.1. The first-order valence-electron chi connectivity index (χ1n) is 10.2. The summed E-state index contributed by atoms with van der Waals surface area (Å²) in [5.41, 5.74) is -3.63. The first-order chi connectivity index (χ1) is 15.9. The summed E-state index contributed by atoms with van der Waals surface area (Å²) in [6.45, 7) is 1.08. The minimum absolute atomic E-state index is 0.255. The van der Waals surface area contributed by atoms with E-state index >= 15 is 0 Å². The highest BCUT2D eigenvalue weighted by atomic mass is 32.2. The monoisotopic (exact) mass is 504 g/mol. The number of nitrogens with zero attached hydrogens (tertiary/aromatic N) is 2. The standard InChI is InChI=1S/C23H22F6N2O2S/c1-30(2)16-4-3-5-17(14-16)34-18-8-6-15(7-9-19(32)31-10-12-33-13-11-31)20(22(24,25)26)21(18)23(27,28)29/h3-9,14H,10-13H2,1-2H3. The molecule has 1 heterocycles. The smallest absolute Gasteiger partial charge is 0.378 e. The second-order valence-corrected chi connectivity index (χ2v) is 8.78. The van der Waals surface area contributed by atoms with Gasteiger partial charge in [-0.1, -0.05) is 23.9 Å². The summed E-state index contributed by atoms with van der Waals surface area (Å²) in [4.78, 5) is 15.2. The van der Waals surface area contributed by atoms with Crippen LogP contribution in [-0.2, 0) is 21.9 Å². The molecule has 1 aliphatic heterocycles. The summed E-state index contributed by atoms with van der Waals surface area (Å²) >= 11 is 0.599. The minimum Gasteiger partial charge on any atom is -0.378 e. The number of morpholine rings is 1. The highest BCUT2D eigenvalue weighted by Crippen LogP contribution is 2.48. The van der Waals surface area contributed by atoms with E-state index in [-0.39, 0.29) is 26.3 Å². The van der Waals surface area contributed by atoms with E-state index < -0.39 is 39.8 Å². The van der Waals surface area contributed by atoms with Crippen LogP contribution in [0.3, 0.4) is 0 Å². The molecule has 1 saturated heterocycles. The molecule has 0 saturated carbocycles. The van der Waals surface area contributed by atoms with Gasteiger partial charge in [0.15, 0.2) is 0 Å². The van der Waals surface area contributed by atoms with Gasteiger partial charge in [0, 0.05) is 48.7 Å². The fraction of sp³-hybridized carbons (Fsp3) is 0.348. The number of alkyl halides is 6. The van der Waals surface area contributed by atoms with Gasteiger partial charge in [-0.15, -0.1) is 0 Å². The Bertz CT molecular complexity index is 1060. The lowest BCUT2D eigenvalue weighted by Crippen LogP contribution is -2.39. The Morgan fingerprint density at radius 2 is 1.65 bits per heavy atom. The predicted octanol–water partition coefficient (Wildman–Crippen LogP) is 5.81. The number of anilines is 1. The van der Waals surface area contributed by atoms with Crippen LogP contribution in [0.1, 0.15) is 16.7 Å². The van der Waals surface area contributed by atoms with E-state index in [1.54, 1.807) is 37.2 Å². The average Bonchev–Trinajstić information content (AvgIpc) is 2.77. The van der Waals surface area contributed by atoms with Crippen molar-refractivity contribution in [2.75, 3.05) is 45.3 Å². The van der Waals surface area contributed by atoms with Crippen LogP contribution in [0.15, 0.2) is 52.3 Å². The minimum atomic E-state index is -5.30. The molecule has 0 aromatic heterocycles. The summed E-state index contributed by atoms with van der Waals surface area (Å²) in [6, 6.07) is 8.43. The van der Waals surface area contributed by atoms with Crippen LogP contribution in [0.5, 0.6) is 0 Å². The number of ether oxygens (including phenoxy) is 1. The Morgan fingerprint density at radius 3 is 2.24 bits per heavy atom. The molecule has 0 atom stereocenters. The van der Waals surface area contributed by atoms with Crippen molar-refractivity contribution in [1.29, 1.82) is 0 Å². The topological polar surface area (TPSA) is 32.8 Å². The lowest BCUT2D eigenvalue weighted by atomic mass is 9.99. The summed E-state index contributed by atoms with van der Waals surface area (Å²) in [7, 11) is 3.48. The quantitative estimate of drug-likeness (QED) is 0.380. The first kappa shape index (κ1) is 26.0. The molecule has 0 spiro atoms. The molecule has 0 radical (unpaired) electrons. The SMILES string of the molecule is CN(C)c1cccc(Sc2ccc(C=CC(=O)N3CCOCC3)c(C(F)(F)F)c2C(F)(F)F)c1. The summed E-state index contributed by atoms with van der Waals surface area (Å²) in [5.74, 6) is -0.594. The van der Waals surface area contributed by atoms with Gasteiger partial charge in [0.25, 0.3) is 0 Å². The van der Waals surface area contributed by atoms with Crippen LogP contribution in [0.25, 0.3) is 6.08 Å². The second kappa shape index (κ2) is 10.3. The highest BCUT2D eigenvalue weighted by Gasteiger charge is 2.46. The van der Waals surface area contributed by atoms with Gasteiger partial charge in [0.2, 0.25) is 5.91 Å². The molecule has 3 rings (SSSR count). The normalized spacial score (nSPS) is 15.1. The third-order valence-corrected chi connectivity index (χ3v) is 6.11. The Hall–Kier alpha value is -2.66. The molecule has 184 valence electrons. The molecular formula is C23H22F6N2O2S. The van der Waals surface area contributed by atoms with Gasteiger partial charge in [0.05, 0.1) is 24.3 Å². The van der Waals surface area contributed by atoms with Gasteiger partial charge < -0.3 is 14.5 Å². The molecule has 1 amide bonds. The predicted molar refractivity (Wildman–Crippen MR) is 118 cm³/mol. The highest BCUT2D eigenvalue weighted by molar-refractivity contribution is 7.99. The fourth-order valence-electron chi connectivity index (χ4n) is 3.41. The summed E-state index contributed by atoms with van der Waals surface area (Å²) < 4.78 is 88.9. The molecule has 0 aliphatic carbocycles. The van der Waals surface area contributed by atoms with Crippen molar-refractivity contribution >= 4 is 29.4 Å². The van der Waals surface area contributed by atoms with Crippen molar-refractivity contribution in [1.82, 2.24) is 4.90 Å². The Kier molecular flexibility index (Phi) is 7.87. The Morgan fingerprint density at radius 1 is 1.00 bits per heavy atom. The molecular weight excluding hydrogens is 482 g/mol. The van der Waals surface area contributed by atoms with E-state index in [9.17, 15) is 31.1 Å². The van der Waals surface area contributed by atoms with E-state index in [1.165, 1.54) is 11.0 Å². The van der Waals surface area contributed by atoms with Gasteiger partial charge in [-0.05, 0) is 35.9 Å². The maximum atomic E-state index is 14.0. The van der Waals surface area contributed by atoms with Crippen LogP contribution in [0, 0.1) is 0 Å². The molecule has 4 nitrogen and oxygen atoms in total. The molecule has 2 aromatic rings. The van der Waals surface area contributed by atoms with E-state index in [4.69, 9.17) is 4.74 Å². The summed E-state index contributed by atoms with van der Waals surface area (Å²) in [6.07, 6.45) is -8.92. The largest absolute Gasteiger partial charge is 0.418 e. The number of hydrogen-bond acceptors (Lipinski definition) is 4. The van der Waals surface area contributed by atoms with Crippen molar-refractivity contribution in [3.63, 3.8) is 0 Å². The molecule has 0 unspecified atom stereocenters. The van der Waals surface area contributed by atoms with Crippen LogP contribution < -0.4 is 4.90 Å². The van der Waals surface area contributed by atoms with Gasteiger partial charge in [-0.2, -0.15) is 26.3 Å². The number of amides is 1. The maximum absolute atomic E-state index is 14.0. The number of halogens is 6. The van der Waals surface area contributed by atoms with Gasteiger partial charge >= 0.3 is 12.4 Å². The number of rotatable bonds is 5.